The van der Waals surface area contributed by atoms with Crippen LogP contribution in [-0.2, 0) is 27.9 Å². The summed E-state index contributed by atoms with van der Waals surface area (Å²) in [5.41, 5.74) is 1.04. The van der Waals surface area contributed by atoms with Crippen LogP contribution in [0.1, 0.15) is 12.8 Å². The zero-order valence-corrected chi connectivity index (χ0v) is 14.0. The minimum absolute atomic E-state index is 0.225. The van der Waals surface area contributed by atoms with Crippen LogP contribution in [0.2, 0.25) is 0 Å². The smallest absolute Gasteiger partial charge is 0.329 e. The second kappa shape index (κ2) is 7.10. The SMILES string of the molecule is Cn1c(=O)n(CC(=O)NC(C(=O)O)C2CCCOC2)c2ccccc21. The molecule has 2 atom stereocenters. The van der Waals surface area contributed by atoms with E-state index in [-0.39, 0.29) is 18.2 Å². The van der Waals surface area contributed by atoms with Gasteiger partial charge in [0.25, 0.3) is 0 Å². The van der Waals surface area contributed by atoms with Gasteiger partial charge in [0.2, 0.25) is 5.91 Å². The Morgan fingerprint density at radius 2 is 2.08 bits per heavy atom. The molecule has 2 N–H and O–H groups in total. The Morgan fingerprint density at radius 3 is 2.72 bits per heavy atom. The number of amides is 1. The highest BCUT2D eigenvalue weighted by molar-refractivity contribution is 5.85. The fourth-order valence-electron chi connectivity index (χ4n) is 3.29. The normalized spacial score (nSPS) is 18.8. The first-order valence-electron chi connectivity index (χ1n) is 8.23. The van der Waals surface area contributed by atoms with Crippen molar-refractivity contribution in [1.29, 1.82) is 0 Å². The van der Waals surface area contributed by atoms with Crippen molar-refractivity contribution >= 4 is 22.9 Å². The highest BCUT2D eigenvalue weighted by Crippen LogP contribution is 2.18. The molecular weight excluding hydrogens is 326 g/mol. The lowest BCUT2D eigenvalue weighted by Crippen LogP contribution is -2.49. The van der Waals surface area contributed by atoms with Crippen molar-refractivity contribution in [2.24, 2.45) is 13.0 Å². The van der Waals surface area contributed by atoms with E-state index in [0.29, 0.717) is 25.2 Å². The molecule has 0 aliphatic carbocycles. The number of carboxylic acid groups (broad SMARTS) is 1. The number of benzene rings is 1. The number of fused-ring (bicyclic) bond motifs is 1. The van der Waals surface area contributed by atoms with Gasteiger partial charge in [-0.2, -0.15) is 0 Å². The zero-order chi connectivity index (χ0) is 18.0. The van der Waals surface area contributed by atoms with Gasteiger partial charge in [0, 0.05) is 19.6 Å². The van der Waals surface area contributed by atoms with E-state index in [0.717, 1.165) is 11.9 Å². The maximum absolute atomic E-state index is 12.4. The topological polar surface area (TPSA) is 103 Å². The van der Waals surface area contributed by atoms with Gasteiger partial charge < -0.3 is 15.2 Å². The molecule has 1 fully saturated rings. The Hall–Kier alpha value is -2.61. The number of imidazole rings is 1. The third-order valence-electron chi connectivity index (χ3n) is 4.60. The Labute approximate surface area is 144 Å². The van der Waals surface area contributed by atoms with Crippen LogP contribution in [0.15, 0.2) is 29.1 Å². The molecule has 1 aliphatic heterocycles. The Balaban J connectivity index is 1.79. The maximum Gasteiger partial charge on any atom is 0.329 e. The number of para-hydroxylation sites is 2. The highest BCUT2D eigenvalue weighted by atomic mass is 16.5. The summed E-state index contributed by atoms with van der Waals surface area (Å²) >= 11 is 0. The summed E-state index contributed by atoms with van der Waals surface area (Å²) in [6.45, 7) is 0.700. The molecular formula is C17H21N3O5. The summed E-state index contributed by atoms with van der Waals surface area (Å²) < 4.78 is 8.13. The molecule has 1 aliphatic rings. The third kappa shape index (κ3) is 3.43. The van der Waals surface area contributed by atoms with Crippen molar-refractivity contribution in [2.45, 2.75) is 25.4 Å². The molecule has 0 spiro atoms. The Kier molecular flexibility index (Phi) is 4.89. The number of hydrogen-bond acceptors (Lipinski definition) is 4. The van der Waals surface area contributed by atoms with E-state index in [2.05, 4.69) is 5.32 Å². The molecule has 25 heavy (non-hydrogen) atoms. The summed E-state index contributed by atoms with van der Waals surface area (Å²) in [5.74, 6) is -1.86. The molecule has 2 unspecified atom stereocenters. The van der Waals surface area contributed by atoms with Crippen LogP contribution in [0.5, 0.6) is 0 Å². The fraction of sp³-hybridized carbons (Fsp3) is 0.471. The predicted octanol–water partition coefficient (Wildman–Crippen LogP) is 0.336. The first kappa shape index (κ1) is 17.2. The van der Waals surface area contributed by atoms with E-state index >= 15 is 0 Å². The molecule has 3 rings (SSSR count). The van der Waals surface area contributed by atoms with Crippen LogP contribution in [0.25, 0.3) is 11.0 Å². The van der Waals surface area contributed by atoms with Gasteiger partial charge in [-0.1, -0.05) is 12.1 Å². The van der Waals surface area contributed by atoms with Crippen LogP contribution in [0.4, 0.5) is 0 Å². The number of aliphatic carboxylic acids is 1. The number of aryl methyl sites for hydroxylation is 1. The second-order valence-corrected chi connectivity index (χ2v) is 6.28. The van der Waals surface area contributed by atoms with Gasteiger partial charge in [0.05, 0.1) is 17.6 Å². The summed E-state index contributed by atoms with van der Waals surface area (Å²) in [7, 11) is 1.64. The number of ether oxygens (including phenoxy) is 1. The zero-order valence-electron chi connectivity index (χ0n) is 14.0. The molecule has 1 saturated heterocycles. The molecule has 2 aromatic rings. The van der Waals surface area contributed by atoms with Crippen LogP contribution in [0, 0.1) is 5.92 Å². The van der Waals surface area contributed by atoms with E-state index < -0.39 is 17.9 Å². The quantitative estimate of drug-likeness (QED) is 0.812. The van der Waals surface area contributed by atoms with Crippen molar-refractivity contribution < 1.29 is 19.4 Å². The number of rotatable bonds is 5. The fourth-order valence-corrected chi connectivity index (χ4v) is 3.29. The molecule has 1 aromatic heterocycles. The lowest BCUT2D eigenvalue weighted by atomic mass is 9.93. The van der Waals surface area contributed by atoms with Crippen molar-refractivity contribution in [3.8, 4) is 0 Å². The maximum atomic E-state index is 12.4. The molecule has 8 nitrogen and oxygen atoms in total. The third-order valence-corrected chi connectivity index (χ3v) is 4.60. The number of nitrogens with zero attached hydrogens (tertiary/aromatic N) is 2. The molecule has 1 amide bonds. The number of aromatic nitrogens is 2. The second-order valence-electron chi connectivity index (χ2n) is 6.28. The summed E-state index contributed by atoms with van der Waals surface area (Å²) in [4.78, 5) is 36.3. The van der Waals surface area contributed by atoms with Gasteiger partial charge in [-0.05, 0) is 25.0 Å². The lowest BCUT2D eigenvalue weighted by Gasteiger charge is -2.28. The molecule has 2 heterocycles. The van der Waals surface area contributed by atoms with Crippen LogP contribution < -0.4 is 11.0 Å². The summed E-state index contributed by atoms with van der Waals surface area (Å²) in [6, 6.07) is 6.14. The summed E-state index contributed by atoms with van der Waals surface area (Å²) in [6.07, 6.45) is 1.46. The molecule has 0 saturated carbocycles. The van der Waals surface area contributed by atoms with Crippen molar-refractivity contribution in [3.05, 3.63) is 34.7 Å². The van der Waals surface area contributed by atoms with Gasteiger partial charge >= 0.3 is 11.7 Å². The minimum atomic E-state index is -1.09. The van der Waals surface area contributed by atoms with Gasteiger partial charge in [0.15, 0.2) is 0 Å². The van der Waals surface area contributed by atoms with E-state index in [4.69, 9.17) is 4.74 Å². The molecule has 1 aromatic carbocycles. The van der Waals surface area contributed by atoms with Gasteiger partial charge in [0.1, 0.15) is 12.6 Å². The number of carbonyl (C=O) groups excluding carboxylic acids is 1. The molecule has 8 heteroatoms. The standard InChI is InChI=1S/C17H21N3O5/c1-19-12-6-2-3-7-13(12)20(17(19)24)9-14(21)18-15(16(22)23)11-5-4-8-25-10-11/h2-3,6-7,11,15H,4-5,8-10H2,1H3,(H,18,21)(H,22,23). The van der Waals surface area contributed by atoms with Crippen LogP contribution in [0.3, 0.4) is 0 Å². The average molecular weight is 347 g/mol. The number of carbonyl (C=O) groups is 2. The van der Waals surface area contributed by atoms with Gasteiger partial charge in [-0.15, -0.1) is 0 Å². The van der Waals surface area contributed by atoms with E-state index in [1.807, 2.05) is 6.07 Å². The first-order chi connectivity index (χ1) is 12.0. The van der Waals surface area contributed by atoms with Crippen molar-refractivity contribution in [2.75, 3.05) is 13.2 Å². The minimum Gasteiger partial charge on any atom is -0.480 e. The molecule has 0 bridgehead atoms. The van der Waals surface area contributed by atoms with E-state index in [1.54, 1.807) is 25.2 Å². The van der Waals surface area contributed by atoms with E-state index in [1.165, 1.54) is 9.13 Å². The number of hydrogen-bond donors (Lipinski definition) is 2. The Morgan fingerprint density at radius 1 is 1.36 bits per heavy atom. The lowest BCUT2D eigenvalue weighted by molar-refractivity contribution is -0.145. The summed E-state index contributed by atoms with van der Waals surface area (Å²) in [5, 5.41) is 12.0. The van der Waals surface area contributed by atoms with Crippen LogP contribution >= 0.6 is 0 Å². The monoisotopic (exact) mass is 347 g/mol. The van der Waals surface area contributed by atoms with E-state index in [9.17, 15) is 19.5 Å². The van der Waals surface area contributed by atoms with Crippen molar-refractivity contribution in [3.63, 3.8) is 0 Å². The van der Waals surface area contributed by atoms with Crippen LogP contribution in [-0.4, -0.2) is 45.4 Å². The van der Waals surface area contributed by atoms with Crippen molar-refractivity contribution in [1.82, 2.24) is 14.5 Å². The van der Waals surface area contributed by atoms with Gasteiger partial charge in [-0.3, -0.25) is 13.9 Å². The number of carboxylic acids is 1. The number of nitrogens with one attached hydrogen (secondary N) is 1. The molecule has 134 valence electrons. The highest BCUT2D eigenvalue weighted by Gasteiger charge is 2.31. The van der Waals surface area contributed by atoms with Gasteiger partial charge in [-0.25, -0.2) is 9.59 Å². The molecule has 0 radical (unpaired) electrons. The first-order valence-corrected chi connectivity index (χ1v) is 8.23. The largest absolute Gasteiger partial charge is 0.480 e. The predicted molar refractivity (Wildman–Crippen MR) is 90.3 cm³/mol. The average Bonchev–Trinajstić information content (AvgIpc) is 2.85. The Bertz CT molecular complexity index is 848.